The molecule has 0 saturated heterocycles. The molecule has 0 radical (unpaired) electrons. The van der Waals surface area contributed by atoms with E-state index in [1.807, 2.05) is 36.4 Å². The van der Waals surface area contributed by atoms with Crippen LogP contribution in [0, 0.1) is 23.7 Å². The maximum atomic E-state index is 4.94. The normalized spacial score (nSPS) is 25.0. The standard InChI is InChI=1S/C43H35N3/c1-3-9-30(10-4-1)40-44-41(31-11-5-2-6-12-31)46-42(45-40)32-17-15-29(16-18-32)33-19-20-39-37(26-33)36-13-7-8-14-38(36)43(39)34-22-27-21-28(24-34)25-35(43)23-27/h1-20,26-28,34-35H,21-25H2. The lowest BCUT2D eigenvalue weighted by molar-refractivity contribution is -0.0399. The molecule has 11 rings (SSSR count). The van der Waals surface area contributed by atoms with Crippen molar-refractivity contribution in [3.05, 3.63) is 139 Å². The Morgan fingerprint density at radius 1 is 0.391 bits per heavy atom. The molecule has 0 N–H and O–H groups in total. The number of nitrogens with zero attached hydrogens (tertiary/aromatic N) is 3. The van der Waals surface area contributed by atoms with Crippen molar-refractivity contribution in [1.82, 2.24) is 15.0 Å². The SMILES string of the molecule is c1ccc(-c2nc(-c3ccccc3)nc(-c3ccc(-c4ccc5c(c4)-c4ccccc4C54C5CC6CC(C5)CC4C6)cc3)n2)cc1. The molecule has 222 valence electrons. The van der Waals surface area contributed by atoms with Crippen molar-refractivity contribution in [3.63, 3.8) is 0 Å². The van der Waals surface area contributed by atoms with E-state index in [9.17, 15) is 0 Å². The zero-order valence-corrected chi connectivity index (χ0v) is 25.8. The van der Waals surface area contributed by atoms with E-state index in [-0.39, 0.29) is 5.41 Å². The minimum absolute atomic E-state index is 0.216. The predicted octanol–water partition coefficient (Wildman–Crippen LogP) is 10.3. The maximum absolute atomic E-state index is 4.94. The molecule has 4 bridgehead atoms. The molecule has 5 aliphatic rings. The fraction of sp³-hybridized carbons (Fsp3) is 0.233. The van der Waals surface area contributed by atoms with Gasteiger partial charge < -0.3 is 0 Å². The zero-order chi connectivity index (χ0) is 30.2. The maximum Gasteiger partial charge on any atom is 0.164 e. The van der Waals surface area contributed by atoms with Crippen LogP contribution in [0.5, 0.6) is 0 Å². The predicted molar refractivity (Wildman–Crippen MR) is 185 cm³/mol. The van der Waals surface area contributed by atoms with Crippen LogP contribution >= 0.6 is 0 Å². The van der Waals surface area contributed by atoms with E-state index in [4.69, 9.17) is 15.0 Å². The molecule has 0 unspecified atom stereocenters. The van der Waals surface area contributed by atoms with Crippen molar-refractivity contribution in [2.24, 2.45) is 23.7 Å². The first-order valence-electron chi connectivity index (χ1n) is 17.0. The Kier molecular flexibility index (Phi) is 5.76. The Bertz CT molecular complexity index is 2010. The number of rotatable bonds is 4. The van der Waals surface area contributed by atoms with Crippen LogP contribution in [0.4, 0.5) is 0 Å². The van der Waals surface area contributed by atoms with Gasteiger partial charge in [-0.2, -0.15) is 0 Å². The molecular formula is C43H35N3. The van der Waals surface area contributed by atoms with E-state index in [2.05, 4.69) is 91.0 Å². The number of fused-ring (bicyclic) bond motifs is 3. The van der Waals surface area contributed by atoms with Crippen molar-refractivity contribution < 1.29 is 0 Å². The van der Waals surface area contributed by atoms with Gasteiger partial charge in [-0.3, -0.25) is 0 Å². The fourth-order valence-electron chi connectivity index (χ4n) is 10.1. The van der Waals surface area contributed by atoms with Crippen molar-refractivity contribution in [2.45, 2.75) is 37.5 Å². The van der Waals surface area contributed by atoms with E-state index >= 15 is 0 Å². The average Bonchev–Trinajstić information content (AvgIpc) is 3.41. The van der Waals surface area contributed by atoms with Crippen LogP contribution < -0.4 is 0 Å². The van der Waals surface area contributed by atoms with Crippen LogP contribution in [0.3, 0.4) is 0 Å². The molecule has 4 fully saturated rings. The monoisotopic (exact) mass is 593 g/mol. The first-order chi connectivity index (χ1) is 22.7. The van der Waals surface area contributed by atoms with Gasteiger partial charge in [0.15, 0.2) is 17.5 Å². The van der Waals surface area contributed by atoms with Crippen LogP contribution in [-0.4, -0.2) is 15.0 Å². The number of hydrogen-bond acceptors (Lipinski definition) is 3. The van der Waals surface area contributed by atoms with Crippen LogP contribution in [-0.2, 0) is 5.41 Å². The first kappa shape index (κ1) is 26.3. The van der Waals surface area contributed by atoms with Crippen molar-refractivity contribution >= 4 is 0 Å². The number of benzene rings is 5. The smallest absolute Gasteiger partial charge is 0.164 e. The van der Waals surface area contributed by atoms with Crippen molar-refractivity contribution in [2.75, 3.05) is 0 Å². The second kappa shape index (κ2) is 10.1. The summed E-state index contributed by atoms with van der Waals surface area (Å²) in [5.74, 6) is 5.55. The highest BCUT2D eigenvalue weighted by atomic mass is 15.0. The van der Waals surface area contributed by atoms with E-state index in [1.54, 1.807) is 11.1 Å². The Hall–Kier alpha value is -4.89. The summed E-state index contributed by atoms with van der Waals surface area (Å²) < 4.78 is 0. The van der Waals surface area contributed by atoms with Crippen LogP contribution in [0.2, 0.25) is 0 Å². The Balaban J connectivity index is 1.04. The molecule has 4 saturated carbocycles. The molecule has 1 aromatic heterocycles. The van der Waals surface area contributed by atoms with Gasteiger partial charge in [-0.05, 0) is 95.2 Å². The van der Waals surface area contributed by atoms with E-state index in [0.29, 0.717) is 17.5 Å². The third-order valence-corrected chi connectivity index (χ3v) is 11.7. The molecule has 46 heavy (non-hydrogen) atoms. The topological polar surface area (TPSA) is 38.7 Å². The summed E-state index contributed by atoms with van der Waals surface area (Å²) >= 11 is 0. The van der Waals surface area contributed by atoms with Gasteiger partial charge >= 0.3 is 0 Å². The van der Waals surface area contributed by atoms with Gasteiger partial charge in [-0.1, -0.05) is 121 Å². The molecule has 0 atom stereocenters. The lowest BCUT2D eigenvalue weighted by Crippen LogP contribution is -2.55. The fourth-order valence-corrected chi connectivity index (χ4v) is 10.1. The third-order valence-electron chi connectivity index (χ3n) is 11.7. The van der Waals surface area contributed by atoms with E-state index in [1.165, 1.54) is 54.4 Å². The molecule has 0 aliphatic heterocycles. The molecule has 5 aromatic carbocycles. The minimum Gasteiger partial charge on any atom is -0.208 e. The van der Waals surface area contributed by atoms with Crippen LogP contribution in [0.15, 0.2) is 127 Å². The van der Waals surface area contributed by atoms with E-state index in [0.717, 1.165) is 40.4 Å². The molecule has 3 nitrogen and oxygen atoms in total. The minimum atomic E-state index is 0.216. The van der Waals surface area contributed by atoms with Gasteiger partial charge in [-0.25, -0.2) is 15.0 Å². The summed E-state index contributed by atoms with van der Waals surface area (Å²) in [5, 5.41) is 0. The van der Waals surface area contributed by atoms with Gasteiger partial charge in [0.05, 0.1) is 0 Å². The molecule has 3 heteroatoms. The summed E-state index contributed by atoms with van der Waals surface area (Å²) in [7, 11) is 0. The highest BCUT2D eigenvalue weighted by Gasteiger charge is 2.61. The summed E-state index contributed by atoms with van der Waals surface area (Å²) in [5.41, 5.74) is 11.8. The Labute approximate surface area is 270 Å². The summed E-state index contributed by atoms with van der Waals surface area (Å²) in [6.45, 7) is 0. The Morgan fingerprint density at radius 2 is 0.848 bits per heavy atom. The van der Waals surface area contributed by atoms with Crippen molar-refractivity contribution in [1.29, 1.82) is 0 Å². The quantitative estimate of drug-likeness (QED) is 0.204. The summed E-state index contributed by atoms with van der Waals surface area (Å²) in [4.78, 5) is 14.7. The molecular weight excluding hydrogens is 558 g/mol. The molecule has 1 spiro atoms. The first-order valence-corrected chi connectivity index (χ1v) is 17.0. The average molecular weight is 594 g/mol. The van der Waals surface area contributed by atoms with E-state index < -0.39 is 0 Å². The number of hydrogen-bond donors (Lipinski definition) is 0. The van der Waals surface area contributed by atoms with Gasteiger partial charge in [0.25, 0.3) is 0 Å². The zero-order valence-electron chi connectivity index (χ0n) is 25.8. The van der Waals surface area contributed by atoms with Crippen LogP contribution in [0.25, 0.3) is 56.4 Å². The summed E-state index contributed by atoms with van der Waals surface area (Å²) in [6.07, 6.45) is 7.15. The van der Waals surface area contributed by atoms with Gasteiger partial charge in [0.1, 0.15) is 0 Å². The second-order valence-electron chi connectivity index (χ2n) is 14.1. The molecule has 1 heterocycles. The van der Waals surface area contributed by atoms with Crippen LogP contribution in [0.1, 0.15) is 43.2 Å². The lowest BCUT2D eigenvalue weighted by Gasteiger charge is -2.61. The summed E-state index contributed by atoms with van der Waals surface area (Å²) in [6, 6.07) is 45.9. The largest absolute Gasteiger partial charge is 0.208 e. The second-order valence-corrected chi connectivity index (χ2v) is 14.1. The van der Waals surface area contributed by atoms with Crippen molar-refractivity contribution in [3.8, 4) is 56.4 Å². The van der Waals surface area contributed by atoms with Gasteiger partial charge in [-0.15, -0.1) is 0 Å². The third kappa shape index (κ3) is 3.87. The molecule has 5 aliphatic carbocycles. The highest BCUT2D eigenvalue weighted by molar-refractivity contribution is 5.85. The molecule has 6 aromatic rings. The van der Waals surface area contributed by atoms with Gasteiger partial charge in [0, 0.05) is 22.1 Å². The van der Waals surface area contributed by atoms with Gasteiger partial charge in [0.2, 0.25) is 0 Å². The molecule has 0 amide bonds. The lowest BCUT2D eigenvalue weighted by atomic mass is 9.43. The Morgan fingerprint density at radius 3 is 1.43 bits per heavy atom. The number of aromatic nitrogens is 3. The highest BCUT2D eigenvalue weighted by Crippen LogP contribution is 2.69.